The standard InChI is InChI=1S/C19H25N5O2/c1-25-14-17-21-16(15-5-11-26-13-15)12-19(22-17)24-9-7-23(8-10-24)18-4-2-3-6-20-18/h2-4,6,12,15H,5,7-11,13-14H2,1H3. The van der Waals surface area contributed by atoms with Crippen LogP contribution in [-0.4, -0.2) is 61.5 Å². The van der Waals surface area contributed by atoms with Crippen LogP contribution in [0, 0.1) is 0 Å². The molecule has 2 saturated heterocycles. The summed E-state index contributed by atoms with van der Waals surface area (Å²) in [5.74, 6) is 3.15. The van der Waals surface area contributed by atoms with Crippen LogP contribution in [0.15, 0.2) is 30.5 Å². The molecule has 2 aromatic heterocycles. The lowest BCUT2D eigenvalue weighted by Gasteiger charge is -2.36. The Morgan fingerprint density at radius 1 is 1.12 bits per heavy atom. The summed E-state index contributed by atoms with van der Waals surface area (Å²) in [5, 5.41) is 0. The molecule has 2 aliphatic heterocycles. The van der Waals surface area contributed by atoms with Crippen LogP contribution in [0.4, 0.5) is 11.6 Å². The minimum Gasteiger partial charge on any atom is -0.381 e. The smallest absolute Gasteiger partial charge is 0.156 e. The van der Waals surface area contributed by atoms with Crippen LogP contribution in [0.2, 0.25) is 0 Å². The zero-order chi connectivity index (χ0) is 17.8. The Labute approximate surface area is 154 Å². The number of aromatic nitrogens is 3. The molecule has 4 rings (SSSR count). The maximum Gasteiger partial charge on any atom is 0.156 e. The number of rotatable bonds is 5. The molecule has 0 aliphatic carbocycles. The Bertz CT molecular complexity index is 713. The molecular weight excluding hydrogens is 330 g/mol. The van der Waals surface area contributed by atoms with Gasteiger partial charge in [-0.05, 0) is 18.6 Å². The fraction of sp³-hybridized carbons (Fsp3) is 0.526. The molecule has 7 heteroatoms. The molecule has 0 bridgehead atoms. The van der Waals surface area contributed by atoms with Gasteiger partial charge in [0.1, 0.15) is 18.2 Å². The van der Waals surface area contributed by atoms with E-state index in [0.717, 1.165) is 69.0 Å². The third-order valence-electron chi connectivity index (χ3n) is 4.98. The van der Waals surface area contributed by atoms with Crippen molar-refractivity contribution in [2.75, 3.05) is 56.3 Å². The summed E-state index contributed by atoms with van der Waals surface area (Å²) in [4.78, 5) is 18.5. The molecule has 2 aromatic rings. The molecule has 0 aromatic carbocycles. The van der Waals surface area contributed by atoms with Gasteiger partial charge in [0.05, 0.1) is 12.3 Å². The highest BCUT2D eigenvalue weighted by Gasteiger charge is 2.24. The molecule has 2 aliphatic rings. The second-order valence-electron chi connectivity index (χ2n) is 6.72. The minimum absolute atomic E-state index is 0.363. The van der Waals surface area contributed by atoms with Crippen LogP contribution in [0.5, 0.6) is 0 Å². The van der Waals surface area contributed by atoms with Crippen molar-refractivity contribution in [2.24, 2.45) is 0 Å². The summed E-state index contributed by atoms with van der Waals surface area (Å²) in [5.41, 5.74) is 1.08. The zero-order valence-electron chi connectivity index (χ0n) is 15.2. The number of nitrogens with zero attached hydrogens (tertiary/aromatic N) is 5. The van der Waals surface area contributed by atoms with Gasteiger partial charge in [0.25, 0.3) is 0 Å². The first-order chi connectivity index (χ1) is 12.8. The highest BCUT2D eigenvalue weighted by Crippen LogP contribution is 2.27. The third kappa shape index (κ3) is 3.78. The van der Waals surface area contributed by atoms with E-state index >= 15 is 0 Å². The van der Waals surface area contributed by atoms with Gasteiger partial charge in [-0.1, -0.05) is 6.07 Å². The SMILES string of the molecule is COCc1nc(C2CCOC2)cc(N2CCN(c3ccccn3)CC2)n1. The maximum absolute atomic E-state index is 5.54. The van der Waals surface area contributed by atoms with Gasteiger partial charge in [-0.25, -0.2) is 15.0 Å². The molecule has 1 atom stereocenters. The first-order valence-corrected chi connectivity index (χ1v) is 9.19. The first-order valence-electron chi connectivity index (χ1n) is 9.19. The van der Waals surface area contributed by atoms with Gasteiger partial charge >= 0.3 is 0 Å². The minimum atomic E-state index is 0.363. The van der Waals surface area contributed by atoms with Crippen LogP contribution < -0.4 is 9.80 Å². The van der Waals surface area contributed by atoms with Gasteiger partial charge in [0.2, 0.25) is 0 Å². The van der Waals surface area contributed by atoms with E-state index in [1.165, 1.54) is 0 Å². The Balaban J connectivity index is 1.50. The molecule has 0 spiro atoms. The normalized spacial score (nSPS) is 20.6. The number of anilines is 2. The van der Waals surface area contributed by atoms with Crippen molar-refractivity contribution in [1.82, 2.24) is 15.0 Å². The Morgan fingerprint density at radius 2 is 1.92 bits per heavy atom. The predicted molar refractivity (Wildman–Crippen MR) is 99.6 cm³/mol. The molecule has 0 amide bonds. The Morgan fingerprint density at radius 3 is 2.58 bits per heavy atom. The highest BCUT2D eigenvalue weighted by molar-refractivity contribution is 5.45. The molecule has 138 valence electrons. The number of hydrogen-bond acceptors (Lipinski definition) is 7. The summed E-state index contributed by atoms with van der Waals surface area (Å²) in [6, 6.07) is 8.18. The van der Waals surface area contributed by atoms with Crippen LogP contribution >= 0.6 is 0 Å². The molecular formula is C19H25N5O2. The Hall–Kier alpha value is -2.25. The molecule has 0 radical (unpaired) electrons. The van der Waals surface area contributed by atoms with E-state index in [1.54, 1.807) is 7.11 Å². The van der Waals surface area contributed by atoms with Crippen molar-refractivity contribution >= 4 is 11.6 Å². The van der Waals surface area contributed by atoms with E-state index < -0.39 is 0 Å². The van der Waals surface area contributed by atoms with Crippen molar-refractivity contribution in [3.05, 3.63) is 42.0 Å². The molecule has 0 saturated carbocycles. The first kappa shape index (κ1) is 17.2. The van der Waals surface area contributed by atoms with Crippen molar-refractivity contribution in [1.29, 1.82) is 0 Å². The summed E-state index contributed by atoms with van der Waals surface area (Å²) in [7, 11) is 1.68. The summed E-state index contributed by atoms with van der Waals surface area (Å²) < 4.78 is 10.8. The maximum atomic E-state index is 5.54. The third-order valence-corrected chi connectivity index (χ3v) is 4.98. The molecule has 2 fully saturated rings. The van der Waals surface area contributed by atoms with Crippen LogP contribution in [0.1, 0.15) is 23.9 Å². The molecule has 4 heterocycles. The predicted octanol–water partition coefficient (Wildman–Crippen LogP) is 1.85. The lowest BCUT2D eigenvalue weighted by Crippen LogP contribution is -2.47. The number of piperazine rings is 1. The van der Waals surface area contributed by atoms with Crippen molar-refractivity contribution in [3.63, 3.8) is 0 Å². The van der Waals surface area contributed by atoms with E-state index in [0.29, 0.717) is 12.5 Å². The largest absolute Gasteiger partial charge is 0.381 e. The second kappa shape index (κ2) is 7.97. The highest BCUT2D eigenvalue weighted by atomic mass is 16.5. The number of methoxy groups -OCH3 is 1. The van der Waals surface area contributed by atoms with Crippen LogP contribution in [-0.2, 0) is 16.1 Å². The Kier molecular flexibility index (Phi) is 5.26. The van der Waals surface area contributed by atoms with Gasteiger partial charge in [0.15, 0.2) is 5.82 Å². The average molecular weight is 355 g/mol. The van der Waals surface area contributed by atoms with E-state index in [1.807, 2.05) is 18.3 Å². The van der Waals surface area contributed by atoms with Gasteiger partial charge in [-0.3, -0.25) is 0 Å². The number of hydrogen-bond donors (Lipinski definition) is 0. The van der Waals surface area contributed by atoms with Gasteiger partial charge in [-0.2, -0.15) is 0 Å². The zero-order valence-corrected chi connectivity index (χ0v) is 15.2. The molecule has 0 N–H and O–H groups in total. The molecule has 1 unspecified atom stereocenters. The fourth-order valence-electron chi connectivity index (χ4n) is 3.54. The second-order valence-corrected chi connectivity index (χ2v) is 6.72. The summed E-state index contributed by atoms with van der Waals surface area (Å²) in [6.07, 6.45) is 2.87. The lowest BCUT2D eigenvalue weighted by molar-refractivity contribution is 0.177. The average Bonchev–Trinajstić information content (AvgIpc) is 3.24. The summed E-state index contributed by atoms with van der Waals surface area (Å²) >= 11 is 0. The molecule has 26 heavy (non-hydrogen) atoms. The van der Waals surface area contributed by atoms with Crippen molar-refractivity contribution in [3.8, 4) is 0 Å². The van der Waals surface area contributed by atoms with Crippen LogP contribution in [0.25, 0.3) is 0 Å². The van der Waals surface area contributed by atoms with E-state index in [2.05, 4.69) is 26.9 Å². The lowest BCUT2D eigenvalue weighted by atomic mass is 10.0. The fourth-order valence-corrected chi connectivity index (χ4v) is 3.54. The summed E-state index contributed by atoms with van der Waals surface area (Å²) in [6.45, 7) is 5.69. The van der Waals surface area contributed by atoms with Gasteiger partial charge < -0.3 is 19.3 Å². The topological polar surface area (TPSA) is 63.6 Å². The van der Waals surface area contributed by atoms with Crippen molar-refractivity contribution in [2.45, 2.75) is 18.9 Å². The monoisotopic (exact) mass is 355 g/mol. The van der Waals surface area contributed by atoms with E-state index in [4.69, 9.17) is 19.4 Å². The van der Waals surface area contributed by atoms with Gasteiger partial charge in [0, 0.05) is 58.1 Å². The van der Waals surface area contributed by atoms with Crippen molar-refractivity contribution < 1.29 is 9.47 Å². The quantitative estimate of drug-likeness (QED) is 0.811. The number of ether oxygens (including phenoxy) is 2. The number of pyridine rings is 1. The van der Waals surface area contributed by atoms with E-state index in [-0.39, 0.29) is 0 Å². The molecule has 7 nitrogen and oxygen atoms in total. The van der Waals surface area contributed by atoms with E-state index in [9.17, 15) is 0 Å². The van der Waals surface area contributed by atoms with Gasteiger partial charge in [-0.15, -0.1) is 0 Å². The van der Waals surface area contributed by atoms with Crippen LogP contribution in [0.3, 0.4) is 0 Å².